The van der Waals surface area contributed by atoms with Crippen LogP contribution in [0.25, 0.3) is 0 Å². The smallest absolute Gasteiger partial charge is 0.222 e. The van der Waals surface area contributed by atoms with Crippen LogP contribution >= 0.6 is 11.6 Å². The largest absolute Gasteiger partial charge is 0.342 e. The average molecular weight is 336 g/mol. The van der Waals surface area contributed by atoms with Crippen molar-refractivity contribution >= 4 is 17.5 Å². The third-order valence-corrected chi connectivity index (χ3v) is 8.34. The Hall–Kier alpha value is -0.500. The van der Waals surface area contributed by atoms with Crippen molar-refractivity contribution in [2.45, 2.75) is 71.3 Å². The van der Waals surface area contributed by atoms with Gasteiger partial charge < -0.3 is 4.90 Å². The van der Waals surface area contributed by atoms with Crippen LogP contribution in [-0.4, -0.2) is 23.9 Å². The Bertz CT molecular complexity index is 552. The second kappa shape index (κ2) is 5.51. The lowest BCUT2D eigenvalue weighted by Crippen LogP contribution is -2.55. The van der Waals surface area contributed by atoms with E-state index in [0.717, 1.165) is 41.5 Å². The molecule has 4 aliphatic rings. The Balaban J connectivity index is 1.61. The molecule has 0 aromatic carbocycles. The molecule has 0 aromatic heterocycles. The summed E-state index contributed by atoms with van der Waals surface area (Å²) in [6, 6.07) is 0.521. The van der Waals surface area contributed by atoms with Crippen molar-refractivity contribution in [3.63, 3.8) is 0 Å². The van der Waals surface area contributed by atoms with E-state index in [-0.39, 0.29) is 0 Å². The maximum Gasteiger partial charge on any atom is 0.222 e. The van der Waals surface area contributed by atoms with Crippen LogP contribution in [0.15, 0.2) is 10.6 Å². The summed E-state index contributed by atoms with van der Waals surface area (Å²) in [6.07, 6.45) is 9.64. The maximum atomic E-state index is 12.1. The fourth-order valence-corrected chi connectivity index (χ4v) is 7.35. The van der Waals surface area contributed by atoms with E-state index >= 15 is 0 Å². The number of fused-ring (bicyclic) bond motifs is 5. The van der Waals surface area contributed by atoms with Crippen LogP contribution in [0.5, 0.6) is 0 Å². The van der Waals surface area contributed by atoms with E-state index in [9.17, 15) is 4.79 Å². The minimum atomic E-state index is 0.357. The number of piperidine rings is 1. The molecule has 2 nitrogen and oxygen atoms in total. The zero-order chi connectivity index (χ0) is 16.4. The molecule has 1 aliphatic heterocycles. The number of halogens is 1. The van der Waals surface area contributed by atoms with E-state index in [1.807, 2.05) is 7.05 Å². The Kier molecular flexibility index (Phi) is 3.83. The molecule has 23 heavy (non-hydrogen) atoms. The van der Waals surface area contributed by atoms with Gasteiger partial charge in [-0.05, 0) is 86.5 Å². The first-order valence-electron chi connectivity index (χ1n) is 9.55. The fraction of sp³-hybridized carbons (Fsp3) is 0.850. The van der Waals surface area contributed by atoms with Crippen molar-refractivity contribution in [1.29, 1.82) is 0 Å². The zero-order valence-electron chi connectivity index (χ0n) is 14.8. The normalized spacial score (nSPS) is 48.6. The lowest BCUT2D eigenvalue weighted by atomic mass is 9.52. The molecule has 4 fully saturated rings. The van der Waals surface area contributed by atoms with Crippen LogP contribution < -0.4 is 0 Å². The molecule has 1 amide bonds. The van der Waals surface area contributed by atoms with E-state index in [4.69, 9.17) is 11.6 Å². The van der Waals surface area contributed by atoms with Gasteiger partial charge in [-0.25, -0.2) is 0 Å². The molecular weight excluding hydrogens is 306 g/mol. The van der Waals surface area contributed by atoms with Gasteiger partial charge in [-0.15, -0.1) is 0 Å². The molecular formula is C20H30ClNO. The predicted octanol–water partition coefficient (Wildman–Crippen LogP) is 4.97. The average Bonchev–Trinajstić information content (AvgIpc) is 2.88. The van der Waals surface area contributed by atoms with Crippen molar-refractivity contribution in [3.05, 3.63) is 10.6 Å². The summed E-state index contributed by atoms with van der Waals surface area (Å²) in [4.78, 5) is 14.2. The van der Waals surface area contributed by atoms with Gasteiger partial charge in [0.2, 0.25) is 5.91 Å². The van der Waals surface area contributed by atoms with Crippen LogP contribution in [0, 0.1) is 29.1 Å². The molecule has 1 heterocycles. The molecule has 0 aromatic rings. The SMILES string of the molecule is C/C(Cl)=C1/CC[C@H]2[C@@H]3CC[C@@H]4[C@H](CCC(=O)N4C)[C@H]3CC[C@]12C. The highest BCUT2D eigenvalue weighted by atomic mass is 35.5. The first kappa shape index (κ1) is 16.0. The second-order valence-electron chi connectivity index (χ2n) is 8.79. The van der Waals surface area contributed by atoms with Gasteiger partial charge >= 0.3 is 0 Å². The molecule has 3 saturated carbocycles. The first-order chi connectivity index (χ1) is 10.9. The molecule has 0 radical (unpaired) electrons. The minimum Gasteiger partial charge on any atom is -0.342 e. The quantitative estimate of drug-likeness (QED) is 0.612. The van der Waals surface area contributed by atoms with Crippen molar-refractivity contribution in [2.24, 2.45) is 29.1 Å². The Morgan fingerprint density at radius 3 is 2.61 bits per heavy atom. The van der Waals surface area contributed by atoms with E-state index in [1.54, 1.807) is 5.57 Å². The summed E-state index contributed by atoms with van der Waals surface area (Å²) in [5.41, 5.74) is 1.91. The Morgan fingerprint density at radius 1 is 1.09 bits per heavy atom. The molecule has 0 unspecified atom stereocenters. The van der Waals surface area contributed by atoms with Crippen molar-refractivity contribution < 1.29 is 4.79 Å². The molecule has 1 saturated heterocycles. The summed E-state index contributed by atoms with van der Waals surface area (Å²) >= 11 is 6.45. The number of amides is 1. The number of nitrogens with zero attached hydrogens (tertiary/aromatic N) is 1. The summed E-state index contributed by atoms with van der Waals surface area (Å²) in [5.74, 6) is 3.66. The molecule has 128 valence electrons. The van der Waals surface area contributed by atoms with Gasteiger partial charge in [0.1, 0.15) is 0 Å². The van der Waals surface area contributed by atoms with E-state index in [0.29, 0.717) is 17.4 Å². The Morgan fingerprint density at radius 2 is 1.87 bits per heavy atom. The summed E-state index contributed by atoms with van der Waals surface area (Å²) in [6.45, 7) is 4.58. The maximum absolute atomic E-state index is 12.1. The number of hydrogen-bond acceptors (Lipinski definition) is 1. The number of hydrogen-bond donors (Lipinski definition) is 0. The van der Waals surface area contributed by atoms with Crippen LogP contribution in [-0.2, 0) is 4.79 Å². The summed E-state index contributed by atoms with van der Waals surface area (Å²) < 4.78 is 0. The summed E-state index contributed by atoms with van der Waals surface area (Å²) in [7, 11) is 2.04. The zero-order valence-corrected chi connectivity index (χ0v) is 15.5. The first-order valence-corrected chi connectivity index (χ1v) is 9.92. The van der Waals surface area contributed by atoms with E-state index < -0.39 is 0 Å². The third-order valence-electron chi connectivity index (χ3n) is 8.12. The number of likely N-dealkylation sites (tertiary alicyclic amines) is 1. The molecule has 4 rings (SSSR count). The standard InChI is InChI=1S/C20H30ClNO/c1-12(21)16-6-7-17-14-4-8-18-15(5-9-19(23)22(18)3)13(14)10-11-20(16,17)2/h13-15,17-18H,4-11H2,1-3H3/b16-12+/t13-,14+,15+,17-,18+,20+/m0/s1. The minimum absolute atomic E-state index is 0.357. The van der Waals surface area contributed by atoms with Gasteiger partial charge in [0, 0.05) is 24.5 Å². The topological polar surface area (TPSA) is 20.3 Å². The molecule has 6 atom stereocenters. The van der Waals surface area contributed by atoms with Crippen LogP contribution in [0.4, 0.5) is 0 Å². The highest BCUT2D eigenvalue weighted by Crippen LogP contribution is 2.63. The molecule has 3 heteroatoms. The van der Waals surface area contributed by atoms with Crippen molar-refractivity contribution in [3.8, 4) is 0 Å². The molecule has 3 aliphatic carbocycles. The van der Waals surface area contributed by atoms with Crippen molar-refractivity contribution in [2.75, 3.05) is 7.05 Å². The highest BCUT2D eigenvalue weighted by molar-refractivity contribution is 6.29. The predicted molar refractivity (Wildman–Crippen MR) is 94.1 cm³/mol. The monoisotopic (exact) mass is 335 g/mol. The fourth-order valence-electron chi connectivity index (χ4n) is 7.04. The van der Waals surface area contributed by atoms with Gasteiger partial charge in [0.25, 0.3) is 0 Å². The summed E-state index contributed by atoms with van der Waals surface area (Å²) in [5, 5.41) is 1.06. The van der Waals surface area contributed by atoms with Gasteiger partial charge in [-0.2, -0.15) is 0 Å². The number of rotatable bonds is 0. The number of allylic oxidation sites excluding steroid dienone is 2. The van der Waals surface area contributed by atoms with Crippen molar-refractivity contribution in [1.82, 2.24) is 4.90 Å². The van der Waals surface area contributed by atoms with Gasteiger partial charge in [0.15, 0.2) is 0 Å². The number of carbonyl (C=O) groups excluding carboxylic acids is 1. The molecule has 0 spiro atoms. The van der Waals surface area contributed by atoms with Gasteiger partial charge in [-0.3, -0.25) is 4.79 Å². The van der Waals surface area contributed by atoms with Crippen LogP contribution in [0.2, 0.25) is 0 Å². The van der Waals surface area contributed by atoms with E-state index in [1.165, 1.54) is 38.5 Å². The van der Waals surface area contributed by atoms with Crippen LogP contribution in [0.1, 0.15) is 65.2 Å². The second-order valence-corrected chi connectivity index (χ2v) is 9.36. The van der Waals surface area contributed by atoms with Gasteiger partial charge in [0.05, 0.1) is 0 Å². The Labute approximate surface area is 145 Å². The molecule has 0 bridgehead atoms. The lowest BCUT2D eigenvalue weighted by Gasteiger charge is -2.56. The lowest BCUT2D eigenvalue weighted by molar-refractivity contribution is -0.143. The van der Waals surface area contributed by atoms with Gasteiger partial charge in [-0.1, -0.05) is 18.5 Å². The third kappa shape index (κ3) is 2.23. The highest BCUT2D eigenvalue weighted by Gasteiger charge is 2.56. The van der Waals surface area contributed by atoms with E-state index in [2.05, 4.69) is 18.7 Å². The number of carbonyl (C=O) groups is 1. The van der Waals surface area contributed by atoms with Crippen LogP contribution in [0.3, 0.4) is 0 Å². The molecule has 0 N–H and O–H groups in total.